The van der Waals surface area contributed by atoms with Crippen LogP contribution < -0.4 is 0 Å². The van der Waals surface area contributed by atoms with Crippen LogP contribution >= 0.6 is 23.5 Å². The monoisotopic (exact) mass is 448 g/mol. The molecule has 0 amide bonds. The molecule has 2 aromatic rings. The van der Waals surface area contributed by atoms with Gasteiger partial charge in [-0.1, -0.05) is 52.3 Å². The molecule has 2 rings (SSSR count). The molecule has 0 aromatic heterocycles. The van der Waals surface area contributed by atoms with Gasteiger partial charge in [0.15, 0.2) is 4.99 Å². The first-order chi connectivity index (χ1) is 11.6. The fourth-order valence-electron chi connectivity index (χ4n) is 2.48. The van der Waals surface area contributed by atoms with E-state index in [1.165, 1.54) is 0 Å². The van der Waals surface area contributed by atoms with E-state index in [0.29, 0.717) is 6.42 Å². The molecule has 0 bridgehead atoms. The van der Waals surface area contributed by atoms with Gasteiger partial charge < -0.3 is 9.79 Å². The van der Waals surface area contributed by atoms with Gasteiger partial charge in [-0.3, -0.25) is 9.12 Å². The Balaban J connectivity index is 2.00. The van der Waals surface area contributed by atoms with Crippen molar-refractivity contribution in [3.8, 4) is 11.1 Å². The summed E-state index contributed by atoms with van der Waals surface area (Å²) in [5.41, 5.74) is 3.01. The van der Waals surface area contributed by atoms with Crippen LogP contribution in [0.3, 0.4) is 0 Å². The molecule has 3 N–H and O–H groups in total. The van der Waals surface area contributed by atoms with E-state index < -0.39 is 22.7 Å². The standard InChI is InChI=1S/C16H18BrO6PS/c17-15-10-8-14(9-11-15)13-6-4-12(5-7-13)2-1-3-16(24(18,19)20)25(21,22)23/h4-11,16H,1-3H2,(H2,18,19,20)(H,21,22,23). The molecular weight excluding hydrogens is 431 g/mol. The van der Waals surface area contributed by atoms with Crippen LogP contribution in [0.15, 0.2) is 53.0 Å². The highest BCUT2D eigenvalue weighted by atomic mass is 79.9. The molecular formula is C16H18BrO6PS. The first-order valence-electron chi connectivity index (χ1n) is 7.44. The number of hydrogen-bond donors (Lipinski definition) is 3. The molecule has 9 heteroatoms. The van der Waals surface area contributed by atoms with E-state index in [9.17, 15) is 13.0 Å². The third-order valence-electron chi connectivity index (χ3n) is 3.77. The summed E-state index contributed by atoms with van der Waals surface area (Å²) in [6.07, 6.45) is 0.372. The van der Waals surface area contributed by atoms with Gasteiger partial charge in [0, 0.05) is 4.47 Å². The third kappa shape index (κ3) is 6.02. The highest BCUT2D eigenvalue weighted by molar-refractivity contribution is 9.10. The maximum atomic E-state index is 11.2. The Hall–Kier alpha value is -1.02. The van der Waals surface area contributed by atoms with Crippen molar-refractivity contribution in [2.75, 3.05) is 0 Å². The lowest BCUT2D eigenvalue weighted by Gasteiger charge is -2.15. The lowest BCUT2D eigenvalue weighted by molar-refractivity contribution is 0.360. The molecule has 0 radical (unpaired) electrons. The summed E-state index contributed by atoms with van der Waals surface area (Å²) in [7, 11) is -9.70. The van der Waals surface area contributed by atoms with Crippen molar-refractivity contribution in [2.24, 2.45) is 0 Å². The molecule has 0 heterocycles. The van der Waals surface area contributed by atoms with Crippen LogP contribution in [-0.2, 0) is 21.1 Å². The molecule has 6 nitrogen and oxygen atoms in total. The summed E-state index contributed by atoms with van der Waals surface area (Å²) in [5.74, 6) is 0. The van der Waals surface area contributed by atoms with Crippen molar-refractivity contribution < 1.29 is 27.3 Å². The van der Waals surface area contributed by atoms with Gasteiger partial charge in [-0.15, -0.1) is 0 Å². The lowest BCUT2D eigenvalue weighted by atomic mass is 10.0. The first-order valence-corrected chi connectivity index (χ1v) is 11.4. The van der Waals surface area contributed by atoms with Crippen molar-refractivity contribution in [3.63, 3.8) is 0 Å². The highest BCUT2D eigenvalue weighted by Gasteiger charge is 2.38. The fraction of sp³-hybridized carbons (Fsp3) is 0.250. The van der Waals surface area contributed by atoms with Crippen LogP contribution in [0.2, 0.25) is 0 Å². The largest absolute Gasteiger partial charge is 0.346 e. The Kier molecular flexibility index (Phi) is 6.59. The minimum Gasteiger partial charge on any atom is -0.323 e. The van der Waals surface area contributed by atoms with Crippen LogP contribution in [0.25, 0.3) is 11.1 Å². The molecule has 1 atom stereocenters. The van der Waals surface area contributed by atoms with Crippen LogP contribution in [-0.4, -0.2) is 27.7 Å². The van der Waals surface area contributed by atoms with E-state index in [2.05, 4.69) is 15.9 Å². The normalized spacial score (nSPS) is 13.6. The van der Waals surface area contributed by atoms with Crippen molar-refractivity contribution in [1.82, 2.24) is 0 Å². The van der Waals surface area contributed by atoms with Gasteiger partial charge in [-0.2, -0.15) is 8.42 Å². The summed E-state index contributed by atoms with van der Waals surface area (Å²) in [4.78, 5) is 16.1. The molecule has 0 saturated heterocycles. The van der Waals surface area contributed by atoms with Gasteiger partial charge in [-0.25, -0.2) is 0 Å². The third-order valence-corrected chi connectivity index (χ3v) is 7.85. The fourth-order valence-corrected chi connectivity index (χ4v) is 5.11. The Labute approximate surface area is 154 Å². The van der Waals surface area contributed by atoms with E-state index in [-0.39, 0.29) is 12.8 Å². The van der Waals surface area contributed by atoms with Gasteiger partial charge in [0.1, 0.15) is 0 Å². The molecule has 0 spiro atoms. The van der Waals surface area contributed by atoms with Crippen LogP contribution in [0.4, 0.5) is 0 Å². The zero-order valence-electron chi connectivity index (χ0n) is 13.1. The Morgan fingerprint density at radius 3 is 1.88 bits per heavy atom. The first kappa shape index (κ1) is 20.3. The van der Waals surface area contributed by atoms with E-state index in [1.54, 1.807) is 0 Å². The van der Waals surface area contributed by atoms with E-state index in [0.717, 1.165) is 21.2 Å². The van der Waals surface area contributed by atoms with Crippen LogP contribution in [0.5, 0.6) is 0 Å². The van der Waals surface area contributed by atoms with Gasteiger partial charge in [0.25, 0.3) is 10.1 Å². The van der Waals surface area contributed by atoms with Gasteiger partial charge in [-0.05, 0) is 48.1 Å². The van der Waals surface area contributed by atoms with Crippen molar-refractivity contribution >= 4 is 33.6 Å². The minimum atomic E-state index is -4.91. The Morgan fingerprint density at radius 1 is 0.960 bits per heavy atom. The van der Waals surface area contributed by atoms with E-state index >= 15 is 0 Å². The lowest BCUT2D eigenvalue weighted by Crippen LogP contribution is -2.20. The van der Waals surface area contributed by atoms with E-state index in [1.807, 2.05) is 48.5 Å². The van der Waals surface area contributed by atoms with Crippen LogP contribution in [0, 0.1) is 0 Å². The number of aryl methyl sites for hydroxylation is 1. The molecule has 1 unspecified atom stereocenters. The van der Waals surface area contributed by atoms with Crippen molar-refractivity contribution in [2.45, 2.75) is 24.3 Å². The molecule has 0 aliphatic carbocycles. The molecule has 0 saturated carbocycles. The number of rotatable bonds is 7. The van der Waals surface area contributed by atoms with E-state index in [4.69, 9.17) is 14.3 Å². The second-order valence-corrected chi connectivity index (χ2v) is 10.3. The maximum Gasteiger partial charge on any atom is 0.346 e. The zero-order valence-corrected chi connectivity index (χ0v) is 16.4. The summed E-state index contributed by atoms with van der Waals surface area (Å²) in [5, 5.41) is 0. The summed E-state index contributed by atoms with van der Waals surface area (Å²) in [6, 6.07) is 15.5. The molecule has 25 heavy (non-hydrogen) atoms. The van der Waals surface area contributed by atoms with Crippen LogP contribution in [0.1, 0.15) is 18.4 Å². The average Bonchev–Trinajstić information content (AvgIpc) is 2.50. The molecule has 0 aliphatic heterocycles. The predicted molar refractivity (Wildman–Crippen MR) is 99.9 cm³/mol. The summed E-state index contributed by atoms with van der Waals surface area (Å²) < 4.78 is 43.4. The molecule has 0 aliphatic rings. The topological polar surface area (TPSA) is 112 Å². The molecule has 2 aromatic carbocycles. The van der Waals surface area contributed by atoms with Crippen molar-refractivity contribution in [3.05, 3.63) is 58.6 Å². The smallest absolute Gasteiger partial charge is 0.323 e. The SMILES string of the molecule is O=P(O)(O)C(CCCc1ccc(-c2ccc(Br)cc2)cc1)S(=O)(=O)O. The maximum absolute atomic E-state index is 11.2. The number of hydrogen-bond acceptors (Lipinski definition) is 3. The summed E-state index contributed by atoms with van der Waals surface area (Å²) >= 11 is 3.38. The van der Waals surface area contributed by atoms with Gasteiger partial charge >= 0.3 is 7.60 Å². The number of benzene rings is 2. The second-order valence-electron chi connectivity index (χ2n) is 5.65. The Morgan fingerprint density at radius 2 is 1.44 bits per heavy atom. The average molecular weight is 449 g/mol. The molecule has 0 fully saturated rings. The van der Waals surface area contributed by atoms with Crippen molar-refractivity contribution in [1.29, 1.82) is 0 Å². The molecule has 136 valence electrons. The predicted octanol–water partition coefficient (Wildman–Crippen LogP) is 3.83. The minimum absolute atomic E-state index is 0.229. The van der Waals surface area contributed by atoms with Gasteiger partial charge in [0.05, 0.1) is 0 Å². The highest BCUT2D eigenvalue weighted by Crippen LogP contribution is 2.46. The second kappa shape index (κ2) is 8.12. The zero-order chi connectivity index (χ0) is 18.7. The van der Waals surface area contributed by atoms with Gasteiger partial charge in [0.2, 0.25) is 0 Å². The Bertz CT molecular complexity index is 859. The quantitative estimate of drug-likeness (QED) is 0.438. The number of halogens is 1. The summed E-state index contributed by atoms with van der Waals surface area (Å²) in [6.45, 7) is 0.